The van der Waals surface area contributed by atoms with Crippen LogP contribution in [0.4, 0.5) is 0 Å². The van der Waals surface area contributed by atoms with Crippen molar-refractivity contribution in [2.45, 2.75) is 18.7 Å². The van der Waals surface area contributed by atoms with E-state index in [1.54, 1.807) is 21.3 Å². The number of hydrogen-bond acceptors (Lipinski definition) is 6. The van der Waals surface area contributed by atoms with Crippen molar-refractivity contribution >= 4 is 5.71 Å². The Kier molecular flexibility index (Phi) is 4.90. The molecule has 0 N–H and O–H groups in total. The van der Waals surface area contributed by atoms with Gasteiger partial charge in [-0.3, -0.25) is 0 Å². The molecule has 31 heavy (non-hydrogen) atoms. The van der Waals surface area contributed by atoms with Crippen LogP contribution in [0.3, 0.4) is 0 Å². The largest absolute Gasteiger partial charge is 0.493 e. The highest BCUT2D eigenvalue weighted by atomic mass is 16.5. The Morgan fingerprint density at radius 1 is 0.839 bits per heavy atom. The van der Waals surface area contributed by atoms with Gasteiger partial charge in [0.05, 0.1) is 33.1 Å². The van der Waals surface area contributed by atoms with Crippen molar-refractivity contribution in [2.24, 2.45) is 5.10 Å². The molecule has 2 unspecified atom stereocenters. The first-order chi connectivity index (χ1) is 15.2. The Balaban J connectivity index is 1.60. The van der Waals surface area contributed by atoms with Crippen molar-refractivity contribution in [1.82, 2.24) is 5.01 Å². The van der Waals surface area contributed by atoms with Crippen molar-refractivity contribution in [1.29, 1.82) is 0 Å². The van der Waals surface area contributed by atoms with Gasteiger partial charge in [-0.05, 0) is 24.3 Å². The van der Waals surface area contributed by atoms with E-state index in [0.29, 0.717) is 11.5 Å². The molecule has 0 spiro atoms. The van der Waals surface area contributed by atoms with E-state index in [1.165, 1.54) is 0 Å². The van der Waals surface area contributed by atoms with Gasteiger partial charge < -0.3 is 18.9 Å². The van der Waals surface area contributed by atoms with Crippen LogP contribution < -0.4 is 18.9 Å². The van der Waals surface area contributed by atoms with Gasteiger partial charge in [-0.15, -0.1) is 0 Å². The van der Waals surface area contributed by atoms with Crippen LogP contribution in [0.15, 0.2) is 71.8 Å². The highest BCUT2D eigenvalue weighted by Gasteiger charge is 2.42. The molecule has 5 rings (SSSR count). The Morgan fingerprint density at radius 2 is 1.61 bits per heavy atom. The fourth-order valence-electron chi connectivity index (χ4n) is 4.27. The van der Waals surface area contributed by atoms with E-state index in [0.717, 1.165) is 40.3 Å². The lowest BCUT2D eigenvalue weighted by atomic mass is 9.95. The molecule has 0 radical (unpaired) electrons. The highest BCUT2D eigenvalue weighted by molar-refractivity contribution is 6.02. The van der Waals surface area contributed by atoms with E-state index in [4.69, 9.17) is 24.0 Å². The molecule has 3 aromatic carbocycles. The molecule has 2 heterocycles. The number of benzene rings is 3. The molecule has 0 amide bonds. The Labute approximate surface area is 181 Å². The first-order valence-electron chi connectivity index (χ1n) is 10.2. The molecule has 0 aliphatic carbocycles. The zero-order chi connectivity index (χ0) is 21.4. The average molecular weight is 416 g/mol. The lowest BCUT2D eigenvalue weighted by molar-refractivity contribution is -0.0209. The summed E-state index contributed by atoms with van der Waals surface area (Å²) in [5.74, 6) is 2.90. The van der Waals surface area contributed by atoms with E-state index in [9.17, 15) is 0 Å². The molecule has 6 heteroatoms. The summed E-state index contributed by atoms with van der Waals surface area (Å²) in [5.41, 5.74) is 4.10. The van der Waals surface area contributed by atoms with Crippen LogP contribution in [-0.2, 0) is 0 Å². The number of rotatable bonds is 5. The standard InChI is InChI=1S/C25H24N2O4/c1-28-21-13-12-17(14-23(21)30-3)19-15-20-18-10-7-11-22(29-2)24(18)31-25(27(20)26-19)16-8-5-4-6-9-16/h4-14,20,25H,15H2,1-3H3. The molecule has 0 saturated carbocycles. The van der Waals surface area contributed by atoms with Crippen molar-refractivity contribution in [3.05, 3.63) is 83.4 Å². The Hall–Kier alpha value is -3.67. The maximum Gasteiger partial charge on any atom is 0.214 e. The molecular weight excluding hydrogens is 392 g/mol. The normalized spacial score (nSPS) is 19.1. The third-order valence-electron chi connectivity index (χ3n) is 5.80. The molecule has 0 bridgehead atoms. The molecule has 2 atom stereocenters. The van der Waals surface area contributed by atoms with E-state index >= 15 is 0 Å². The van der Waals surface area contributed by atoms with Crippen molar-refractivity contribution in [3.8, 4) is 23.0 Å². The van der Waals surface area contributed by atoms with Gasteiger partial charge in [0.2, 0.25) is 6.23 Å². The first kappa shape index (κ1) is 19.3. The molecule has 3 aromatic rings. The third kappa shape index (κ3) is 3.24. The SMILES string of the molecule is COc1ccc(C2=NN3C(C2)c2cccc(OC)c2OC3c2ccccc2)cc1OC. The Bertz CT molecular complexity index is 1130. The maximum absolute atomic E-state index is 6.47. The smallest absolute Gasteiger partial charge is 0.214 e. The maximum atomic E-state index is 6.47. The van der Waals surface area contributed by atoms with Gasteiger partial charge in [-0.1, -0.05) is 42.5 Å². The van der Waals surface area contributed by atoms with Crippen molar-refractivity contribution < 1.29 is 18.9 Å². The van der Waals surface area contributed by atoms with Gasteiger partial charge in [-0.2, -0.15) is 5.10 Å². The minimum absolute atomic E-state index is 0.0483. The zero-order valence-corrected chi connectivity index (χ0v) is 17.7. The monoisotopic (exact) mass is 416 g/mol. The second-order valence-corrected chi connectivity index (χ2v) is 7.48. The molecule has 2 aliphatic rings. The number of hydrazone groups is 1. The van der Waals surface area contributed by atoms with Gasteiger partial charge in [-0.25, -0.2) is 5.01 Å². The summed E-state index contributed by atoms with van der Waals surface area (Å²) >= 11 is 0. The van der Waals surface area contributed by atoms with Gasteiger partial charge >= 0.3 is 0 Å². The molecular formula is C25H24N2O4. The second-order valence-electron chi connectivity index (χ2n) is 7.48. The van der Waals surface area contributed by atoms with Crippen LogP contribution in [0.5, 0.6) is 23.0 Å². The van der Waals surface area contributed by atoms with Crippen molar-refractivity contribution in [3.63, 3.8) is 0 Å². The summed E-state index contributed by atoms with van der Waals surface area (Å²) in [7, 11) is 4.95. The average Bonchev–Trinajstić information content (AvgIpc) is 3.29. The zero-order valence-electron chi connectivity index (χ0n) is 17.7. The predicted octanol–water partition coefficient (Wildman–Crippen LogP) is 4.95. The van der Waals surface area contributed by atoms with Crippen LogP contribution in [-0.4, -0.2) is 32.0 Å². The third-order valence-corrected chi connectivity index (χ3v) is 5.80. The quantitative estimate of drug-likeness (QED) is 0.589. The topological polar surface area (TPSA) is 52.5 Å². The molecule has 158 valence electrons. The fraction of sp³-hybridized carbons (Fsp3) is 0.240. The molecule has 0 saturated heterocycles. The van der Waals surface area contributed by atoms with E-state index in [-0.39, 0.29) is 12.3 Å². The van der Waals surface area contributed by atoms with E-state index in [2.05, 4.69) is 23.2 Å². The number of methoxy groups -OCH3 is 3. The lowest BCUT2D eigenvalue weighted by Crippen LogP contribution is -2.33. The van der Waals surface area contributed by atoms with E-state index in [1.807, 2.05) is 48.5 Å². The predicted molar refractivity (Wildman–Crippen MR) is 118 cm³/mol. The van der Waals surface area contributed by atoms with Gasteiger partial charge in [0, 0.05) is 23.1 Å². The summed E-state index contributed by atoms with van der Waals surface area (Å²) < 4.78 is 23.0. The van der Waals surface area contributed by atoms with Crippen LogP contribution in [0.25, 0.3) is 0 Å². The number of para-hydroxylation sites is 1. The number of nitrogens with zero attached hydrogens (tertiary/aromatic N) is 2. The Morgan fingerprint density at radius 3 is 2.35 bits per heavy atom. The number of fused-ring (bicyclic) bond motifs is 3. The second kappa shape index (κ2) is 7.87. The summed E-state index contributed by atoms with van der Waals surface area (Å²) in [4.78, 5) is 0. The van der Waals surface area contributed by atoms with Crippen molar-refractivity contribution in [2.75, 3.05) is 21.3 Å². The number of ether oxygens (including phenoxy) is 4. The summed E-state index contributed by atoms with van der Waals surface area (Å²) in [6.45, 7) is 0. The minimum Gasteiger partial charge on any atom is -0.493 e. The first-order valence-corrected chi connectivity index (χ1v) is 10.2. The summed E-state index contributed by atoms with van der Waals surface area (Å²) in [6, 6.07) is 22.1. The molecule has 0 aromatic heterocycles. The van der Waals surface area contributed by atoms with Crippen LogP contribution in [0.1, 0.15) is 35.4 Å². The highest BCUT2D eigenvalue weighted by Crippen LogP contribution is 2.50. The molecule has 6 nitrogen and oxygen atoms in total. The van der Waals surface area contributed by atoms with Gasteiger partial charge in [0.1, 0.15) is 0 Å². The number of hydrogen-bond donors (Lipinski definition) is 0. The minimum atomic E-state index is -0.340. The lowest BCUT2D eigenvalue weighted by Gasteiger charge is -2.38. The van der Waals surface area contributed by atoms with E-state index < -0.39 is 0 Å². The molecule has 0 fully saturated rings. The van der Waals surface area contributed by atoms with Gasteiger partial charge in [0.25, 0.3) is 0 Å². The summed E-state index contributed by atoms with van der Waals surface area (Å²) in [6.07, 6.45) is 0.412. The fourth-order valence-corrected chi connectivity index (χ4v) is 4.27. The van der Waals surface area contributed by atoms with Crippen LogP contribution >= 0.6 is 0 Å². The summed E-state index contributed by atoms with van der Waals surface area (Å²) in [5, 5.41) is 7.07. The van der Waals surface area contributed by atoms with Crippen LogP contribution in [0.2, 0.25) is 0 Å². The molecule has 2 aliphatic heterocycles. The van der Waals surface area contributed by atoms with Gasteiger partial charge in [0.15, 0.2) is 23.0 Å². The van der Waals surface area contributed by atoms with Crippen LogP contribution in [0, 0.1) is 0 Å².